The van der Waals surface area contributed by atoms with Crippen molar-refractivity contribution >= 4 is 0 Å². The summed E-state index contributed by atoms with van der Waals surface area (Å²) in [6, 6.07) is 0. The molecule has 114 valence electrons. The molecule has 0 atom stereocenters. The van der Waals surface area contributed by atoms with Crippen molar-refractivity contribution in [3.05, 3.63) is 0 Å². The van der Waals surface area contributed by atoms with E-state index in [0.717, 1.165) is 25.7 Å². The molecule has 1 aliphatic rings. The highest BCUT2D eigenvalue weighted by Gasteiger charge is 2.36. The predicted octanol–water partition coefficient (Wildman–Crippen LogP) is 2.31. The fourth-order valence-corrected chi connectivity index (χ4v) is 2.53. The van der Waals surface area contributed by atoms with E-state index in [1.807, 2.05) is 13.8 Å². The van der Waals surface area contributed by atoms with Gasteiger partial charge in [-0.1, -0.05) is 13.8 Å². The molecule has 0 bridgehead atoms. The van der Waals surface area contributed by atoms with Gasteiger partial charge in [0.1, 0.15) is 0 Å². The van der Waals surface area contributed by atoms with Crippen LogP contribution in [0.25, 0.3) is 0 Å². The van der Waals surface area contributed by atoms with E-state index in [1.54, 1.807) is 0 Å². The molecule has 1 rings (SSSR count). The maximum atomic E-state index is 10.5. The van der Waals surface area contributed by atoms with Gasteiger partial charge in [-0.25, -0.2) is 0 Å². The van der Waals surface area contributed by atoms with Gasteiger partial charge in [-0.05, 0) is 44.9 Å². The monoisotopic (exact) mass is 273 g/mol. The highest BCUT2D eigenvalue weighted by atomic mass is 16.7. The van der Waals surface area contributed by atoms with E-state index in [2.05, 4.69) is 19.2 Å². The van der Waals surface area contributed by atoms with Crippen LogP contribution in [0.1, 0.15) is 53.4 Å². The fourth-order valence-electron chi connectivity index (χ4n) is 2.53. The molecule has 4 nitrogen and oxygen atoms in total. The van der Waals surface area contributed by atoms with E-state index < -0.39 is 5.60 Å². The van der Waals surface area contributed by atoms with Crippen molar-refractivity contribution in [3.63, 3.8) is 0 Å². The topological polar surface area (TPSA) is 50.7 Å². The molecule has 0 unspecified atom stereocenters. The lowest BCUT2D eigenvalue weighted by Crippen LogP contribution is -2.47. The third-order valence-corrected chi connectivity index (χ3v) is 4.00. The summed E-state index contributed by atoms with van der Waals surface area (Å²) >= 11 is 0. The number of ether oxygens (including phenoxy) is 2. The molecule has 4 heteroatoms. The van der Waals surface area contributed by atoms with Crippen molar-refractivity contribution in [2.75, 3.05) is 26.3 Å². The number of aliphatic hydroxyl groups is 1. The highest BCUT2D eigenvalue weighted by Crippen LogP contribution is 2.39. The lowest BCUT2D eigenvalue weighted by molar-refractivity contribution is -0.134. The number of rotatable bonds is 8. The van der Waals surface area contributed by atoms with Gasteiger partial charge in [-0.2, -0.15) is 0 Å². The van der Waals surface area contributed by atoms with Crippen LogP contribution < -0.4 is 5.32 Å². The maximum Gasteiger partial charge on any atom is 0.169 e. The van der Waals surface area contributed by atoms with Gasteiger partial charge in [0.15, 0.2) is 6.29 Å². The molecule has 1 saturated carbocycles. The van der Waals surface area contributed by atoms with Gasteiger partial charge in [0, 0.05) is 26.3 Å². The summed E-state index contributed by atoms with van der Waals surface area (Å²) in [5, 5.41) is 13.8. The third kappa shape index (κ3) is 6.21. The van der Waals surface area contributed by atoms with Crippen LogP contribution in [-0.2, 0) is 9.47 Å². The van der Waals surface area contributed by atoms with Crippen LogP contribution in [-0.4, -0.2) is 43.3 Å². The fraction of sp³-hybridized carbons (Fsp3) is 1.00. The first kappa shape index (κ1) is 16.9. The Kier molecular flexibility index (Phi) is 6.74. The molecule has 19 heavy (non-hydrogen) atoms. The van der Waals surface area contributed by atoms with Crippen molar-refractivity contribution in [2.24, 2.45) is 5.41 Å². The Balaban J connectivity index is 2.27. The number of hydrogen-bond acceptors (Lipinski definition) is 4. The van der Waals surface area contributed by atoms with Gasteiger partial charge in [0.25, 0.3) is 0 Å². The lowest BCUT2D eigenvalue weighted by atomic mass is 9.71. The summed E-state index contributed by atoms with van der Waals surface area (Å²) in [6.45, 7) is 11.0. The van der Waals surface area contributed by atoms with E-state index >= 15 is 0 Å². The molecule has 0 aromatic heterocycles. The molecule has 0 saturated heterocycles. The average Bonchev–Trinajstić information content (AvgIpc) is 2.34. The Labute approximate surface area is 117 Å². The average molecular weight is 273 g/mol. The highest BCUT2D eigenvalue weighted by molar-refractivity contribution is 4.90. The summed E-state index contributed by atoms with van der Waals surface area (Å²) in [4.78, 5) is 0. The molecule has 0 heterocycles. The smallest absolute Gasteiger partial charge is 0.169 e. The summed E-state index contributed by atoms with van der Waals surface area (Å²) in [5.41, 5.74) is -0.177. The van der Waals surface area contributed by atoms with Crippen LogP contribution in [0.4, 0.5) is 0 Å². The predicted molar refractivity (Wildman–Crippen MR) is 77.1 cm³/mol. The number of hydrogen-bond donors (Lipinski definition) is 2. The van der Waals surface area contributed by atoms with Crippen LogP contribution in [0, 0.1) is 5.41 Å². The second kappa shape index (κ2) is 7.58. The van der Waals surface area contributed by atoms with Gasteiger partial charge in [-0.3, -0.25) is 0 Å². The van der Waals surface area contributed by atoms with Gasteiger partial charge >= 0.3 is 0 Å². The molecule has 0 aliphatic heterocycles. The van der Waals surface area contributed by atoms with Gasteiger partial charge in [-0.15, -0.1) is 0 Å². The zero-order valence-corrected chi connectivity index (χ0v) is 13.0. The minimum absolute atomic E-state index is 0.210. The standard InChI is InChI=1S/C15H31NO3/c1-5-18-13(19-6-2)11-16-12-15(17)9-7-14(3,4)8-10-15/h13,16-17H,5-12H2,1-4H3. The first-order valence-corrected chi connectivity index (χ1v) is 7.57. The molecule has 0 aromatic rings. The normalized spacial score (nSPS) is 21.8. The van der Waals surface area contributed by atoms with Crippen LogP contribution in [0.15, 0.2) is 0 Å². The van der Waals surface area contributed by atoms with Crippen molar-refractivity contribution < 1.29 is 14.6 Å². The lowest BCUT2D eigenvalue weighted by Gasteiger charge is -2.40. The molecule has 0 radical (unpaired) electrons. The third-order valence-electron chi connectivity index (χ3n) is 4.00. The quantitative estimate of drug-likeness (QED) is 0.666. The van der Waals surface area contributed by atoms with Crippen LogP contribution in [0.3, 0.4) is 0 Å². The van der Waals surface area contributed by atoms with Crippen molar-refractivity contribution in [1.82, 2.24) is 5.32 Å². The maximum absolute atomic E-state index is 10.5. The van der Waals surface area contributed by atoms with Crippen molar-refractivity contribution in [2.45, 2.75) is 65.3 Å². The van der Waals surface area contributed by atoms with E-state index in [1.165, 1.54) is 0 Å². The zero-order valence-electron chi connectivity index (χ0n) is 13.0. The van der Waals surface area contributed by atoms with E-state index in [9.17, 15) is 5.11 Å². The molecule has 0 spiro atoms. The largest absolute Gasteiger partial charge is 0.389 e. The Morgan fingerprint density at radius 3 is 2.05 bits per heavy atom. The summed E-state index contributed by atoms with van der Waals surface area (Å²) in [7, 11) is 0. The van der Waals surface area contributed by atoms with Gasteiger partial charge in [0.2, 0.25) is 0 Å². The van der Waals surface area contributed by atoms with Crippen molar-refractivity contribution in [3.8, 4) is 0 Å². The first-order valence-electron chi connectivity index (χ1n) is 7.57. The van der Waals surface area contributed by atoms with E-state index in [-0.39, 0.29) is 6.29 Å². The van der Waals surface area contributed by atoms with Crippen LogP contribution in [0.5, 0.6) is 0 Å². The minimum atomic E-state index is -0.557. The second-order valence-corrected chi connectivity index (χ2v) is 6.36. The van der Waals surface area contributed by atoms with Crippen LogP contribution in [0.2, 0.25) is 0 Å². The molecule has 2 N–H and O–H groups in total. The molecule has 1 aliphatic carbocycles. The first-order chi connectivity index (χ1) is 8.91. The van der Waals surface area contributed by atoms with Gasteiger partial charge in [0.05, 0.1) is 5.60 Å². The number of nitrogens with one attached hydrogen (secondary N) is 1. The Bertz CT molecular complexity index is 240. The van der Waals surface area contributed by atoms with Crippen LogP contribution >= 0.6 is 0 Å². The molecular formula is C15H31NO3. The Morgan fingerprint density at radius 1 is 1.05 bits per heavy atom. The summed E-state index contributed by atoms with van der Waals surface area (Å²) in [5.74, 6) is 0. The summed E-state index contributed by atoms with van der Waals surface area (Å²) < 4.78 is 10.9. The van der Waals surface area contributed by atoms with E-state index in [4.69, 9.17) is 9.47 Å². The minimum Gasteiger partial charge on any atom is -0.389 e. The molecule has 1 fully saturated rings. The SMILES string of the molecule is CCOC(CNCC1(O)CCC(C)(C)CC1)OCC. The Hall–Kier alpha value is -0.160. The van der Waals surface area contributed by atoms with Crippen molar-refractivity contribution in [1.29, 1.82) is 0 Å². The molecule has 0 amide bonds. The van der Waals surface area contributed by atoms with Gasteiger partial charge < -0.3 is 19.9 Å². The molecule has 0 aromatic carbocycles. The molecular weight excluding hydrogens is 242 g/mol. The zero-order chi connectivity index (χ0) is 14.4. The van der Waals surface area contributed by atoms with E-state index in [0.29, 0.717) is 31.7 Å². The Morgan fingerprint density at radius 2 is 1.58 bits per heavy atom. The summed E-state index contributed by atoms with van der Waals surface area (Å²) in [6.07, 6.45) is 3.72. The second-order valence-electron chi connectivity index (χ2n) is 6.36.